The highest BCUT2D eigenvalue weighted by Crippen LogP contribution is 2.40. The van der Waals surface area contributed by atoms with Gasteiger partial charge in [0.05, 0.1) is 21.3 Å². The van der Waals surface area contributed by atoms with E-state index in [1.165, 1.54) is 21.3 Å². The average Bonchev–Trinajstić information content (AvgIpc) is 2.65. The molecule has 1 aromatic carbocycles. The van der Waals surface area contributed by atoms with Crippen molar-refractivity contribution >= 4 is 17.5 Å². The van der Waals surface area contributed by atoms with Crippen LogP contribution in [0.4, 0.5) is 18.9 Å². The van der Waals surface area contributed by atoms with Gasteiger partial charge in [-0.05, 0) is 12.8 Å². The fraction of sp³-hybridized carbons (Fsp3) is 0.529. The lowest BCUT2D eigenvalue weighted by Gasteiger charge is -2.31. The van der Waals surface area contributed by atoms with Gasteiger partial charge in [0.15, 0.2) is 11.5 Å². The Morgan fingerprint density at radius 1 is 1.04 bits per heavy atom. The number of nitrogens with one attached hydrogen (secondary N) is 1. The van der Waals surface area contributed by atoms with Gasteiger partial charge in [-0.25, -0.2) is 0 Å². The lowest BCUT2D eigenvalue weighted by molar-refractivity contribution is -0.186. The van der Waals surface area contributed by atoms with Crippen molar-refractivity contribution in [3.05, 3.63) is 12.1 Å². The molecule has 1 fully saturated rings. The summed E-state index contributed by atoms with van der Waals surface area (Å²) < 4.78 is 53.1. The second-order valence-electron chi connectivity index (χ2n) is 5.97. The van der Waals surface area contributed by atoms with Crippen LogP contribution in [0.25, 0.3) is 0 Å². The molecule has 0 aliphatic carbocycles. The SMILES string of the molecule is COc1cc(NC(=O)C2CCN(C(=O)C(F)(F)F)CC2)cc(OC)c1OC. The molecule has 0 saturated carbocycles. The van der Waals surface area contributed by atoms with Crippen LogP contribution in [0.3, 0.4) is 0 Å². The zero-order valence-electron chi connectivity index (χ0n) is 15.2. The topological polar surface area (TPSA) is 77.1 Å². The van der Waals surface area contributed by atoms with E-state index < -0.39 is 18.0 Å². The highest BCUT2D eigenvalue weighted by atomic mass is 19.4. The molecule has 0 radical (unpaired) electrons. The summed E-state index contributed by atoms with van der Waals surface area (Å²) in [6.07, 6.45) is -4.60. The highest BCUT2D eigenvalue weighted by Gasteiger charge is 2.43. The van der Waals surface area contributed by atoms with Crippen LogP contribution < -0.4 is 19.5 Å². The number of hydrogen-bond acceptors (Lipinski definition) is 5. The molecular formula is C17H21F3N2O5. The van der Waals surface area contributed by atoms with Gasteiger partial charge in [0.1, 0.15) is 0 Å². The predicted molar refractivity (Wildman–Crippen MR) is 90.1 cm³/mol. The highest BCUT2D eigenvalue weighted by molar-refractivity contribution is 5.93. The van der Waals surface area contributed by atoms with Gasteiger partial charge in [-0.1, -0.05) is 0 Å². The summed E-state index contributed by atoms with van der Waals surface area (Å²) in [6, 6.07) is 3.11. The van der Waals surface area contributed by atoms with Gasteiger partial charge in [-0.3, -0.25) is 9.59 Å². The zero-order chi connectivity index (χ0) is 20.2. The van der Waals surface area contributed by atoms with E-state index >= 15 is 0 Å². The number of nitrogens with zero attached hydrogens (tertiary/aromatic N) is 1. The molecule has 10 heteroatoms. The molecule has 1 N–H and O–H groups in total. The van der Waals surface area contributed by atoms with Crippen LogP contribution in [0.1, 0.15) is 12.8 Å². The number of methoxy groups -OCH3 is 3. The van der Waals surface area contributed by atoms with E-state index in [-0.39, 0.29) is 31.8 Å². The van der Waals surface area contributed by atoms with Crippen LogP contribution in [0, 0.1) is 5.92 Å². The zero-order valence-corrected chi connectivity index (χ0v) is 15.2. The van der Waals surface area contributed by atoms with Crippen LogP contribution in [-0.2, 0) is 9.59 Å². The Morgan fingerprint density at radius 3 is 1.96 bits per heavy atom. The molecule has 7 nitrogen and oxygen atoms in total. The normalized spacial score (nSPS) is 15.3. The number of hydrogen-bond donors (Lipinski definition) is 1. The molecule has 2 amide bonds. The Morgan fingerprint density at radius 2 is 1.56 bits per heavy atom. The maximum atomic E-state index is 12.5. The van der Waals surface area contributed by atoms with E-state index in [9.17, 15) is 22.8 Å². The first kappa shape index (κ1) is 20.7. The number of alkyl halides is 3. The van der Waals surface area contributed by atoms with Crippen molar-refractivity contribution in [2.75, 3.05) is 39.7 Å². The van der Waals surface area contributed by atoms with Crippen molar-refractivity contribution in [3.8, 4) is 17.2 Å². The van der Waals surface area contributed by atoms with Gasteiger partial charge in [0.25, 0.3) is 0 Å². The molecule has 0 unspecified atom stereocenters. The molecule has 0 atom stereocenters. The molecule has 1 aliphatic rings. The molecule has 150 valence electrons. The summed E-state index contributed by atoms with van der Waals surface area (Å²) in [7, 11) is 4.33. The van der Waals surface area contributed by atoms with Crippen LogP contribution >= 0.6 is 0 Å². The van der Waals surface area contributed by atoms with Crippen LogP contribution in [0.5, 0.6) is 17.2 Å². The van der Waals surface area contributed by atoms with Crippen LogP contribution in [0.2, 0.25) is 0 Å². The Bertz CT molecular complexity index is 675. The Hall–Kier alpha value is -2.65. The second kappa shape index (κ2) is 8.36. The van der Waals surface area contributed by atoms with Gasteiger partial charge < -0.3 is 24.4 Å². The summed E-state index contributed by atoms with van der Waals surface area (Å²) >= 11 is 0. The van der Waals surface area contributed by atoms with E-state index in [1.54, 1.807) is 12.1 Å². The monoisotopic (exact) mass is 390 g/mol. The Balaban J connectivity index is 2.03. The number of carbonyl (C=O) groups is 2. The molecule has 0 aromatic heterocycles. The first-order chi connectivity index (χ1) is 12.7. The molecule has 1 aliphatic heterocycles. The van der Waals surface area contributed by atoms with E-state index in [2.05, 4.69) is 5.32 Å². The largest absolute Gasteiger partial charge is 0.493 e. The minimum Gasteiger partial charge on any atom is -0.493 e. The third kappa shape index (κ3) is 4.75. The van der Waals surface area contributed by atoms with Gasteiger partial charge in [-0.15, -0.1) is 0 Å². The number of amides is 2. The summed E-state index contributed by atoms with van der Waals surface area (Å²) in [6.45, 7) is -0.239. The van der Waals surface area contributed by atoms with Crippen molar-refractivity contribution in [2.45, 2.75) is 19.0 Å². The average molecular weight is 390 g/mol. The molecule has 2 rings (SSSR count). The van der Waals surface area contributed by atoms with Crippen molar-refractivity contribution in [1.82, 2.24) is 4.90 Å². The predicted octanol–water partition coefficient (Wildman–Crippen LogP) is 2.45. The lowest BCUT2D eigenvalue weighted by Crippen LogP contribution is -2.46. The number of piperidine rings is 1. The second-order valence-corrected chi connectivity index (χ2v) is 5.97. The van der Waals surface area contributed by atoms with Crippen molar-refractivity contribution < 1.29 is 37.0 Å². The summed E-state index contributed by atoms with van der Waals surface area (Å²) in [5.41, 5.74) is 0.406. The summed E-state index contributed by atoms with van der Waals surface area (Å²) in [5, 5.41) is 2.71. The van der Waals surface area contributed by atoms with E-state index in [1.807, 2.05) is 0 Å². The quantitative estimate of drug-likeness (QED) is 0.836. The Kier molecular flexibility index (Phi) is 6.40. The Labute approximate surface area is 154 Å². The number of rotatable bonds is 5. The van der Waals surface area contributed by atoms with Crippen molar-refractivity contribution in [2.24, 2.45) is 5.92 Å². The van der Waals surface area contributed by atoms with Crippen LogP contribution in [-0.4, -0.2) is 57.3 Å². The molecule has 0 bridgehead atoms. The van der Waals surface area contributed by atoms with Crippen molar-refractivity contribution in [1.29, 1.82) is 0 Å². The number of anilines is 1. The third-order valence-corrected chi connectivity index (χ3v) is 4.33. The van der Waals surface area contributed by atoms with Crippen molar-refractivity contribution in [3.63, 3.8) is 0 Å². The number of halogens is 3. The number of ether oxygens (including phenoxy) is 3. The minimum atomic E-state index is -4.90. The van der Waals surface area contributed by atoms with E-state index in [0.717, 1.165) is 4.90 Å². The first-order valence-corrected chi connectivity index (χ1v) is 8.18. The first-order valence-electron chi connectivity index (χ1n) is 8.18. The maximum absolute atomic E-state index is 12.5. The third-order valence-electron chi connectivity index (χ3n) is 4.33. The summed E-state index contributed by atoms with van der Waals surface area (Å²) in [5.74, 6) is -1.62. The smallest absolute Gasteiger partial charge is 0.471 e. The van der Waals surface area contributed by atoms with Gasteiger partial charge in [0.2, 0.25) is 11.7 Å². The summed E-state index contributed by atoms with van der Waals surface area (Å²) in [4.78, 5) is 24.4. The number of benzene rings is 1. The van der Waals surface area contributed by atoms with E-state index in [0.29, 0.717) is 22.9 Å². The molecular weight excluding hydrogens is 369 g/mol. The van der Waals surface area contributed by atoms with Gasteiger partial charge in [-0.2, -0.15) is 13.2 Å². The minimum absolute atomic E-state index is 0.119. The molecule has 1 heterocycles. The number of carbonyl (C=O) groups excluding carboxylic acids is 2. The maximum Gasteiger partial charge on any atom is 0.471 e. The molecule has 1 saturated heterocycles. The van der Waals surface area contributed by atoms with Crippen LogP contribution in [0.15, 0.2) is 12.1 Å². The molecule has 1 aromatic rings. The van der Waals surface area contributed by atoms with E-state index in [4.69, 9.17) is 14.2 Å². The van der Waals surface area contributed by atoms with Gasteiger partial charge in [0, 0.05) is 36.8 Å². The fourth-order valence-electron chi connectivity index (χ4n) is 2.92. The standard InChI is InChI=1S/C17H21F3N2O5/c1-25-12-8-11(9-13(26-2)14(12)27-3)21-15(23)10-4-6-22(7-5-10)16(24)17(18,19)20/h8-10H,4-7H2,1-3H3,(H,21,23). The fourth-order valence-corrected chi connectivity index (χ4v) is 2.92. The van der Waals surface area contributed by atoms with Gasteiger partial charge >= 0.3 is 12.1 Å². The number of likely N-dealkylation sites (tertiary alicyclic amines) is 1. The lowest BCUT2D eigenvalue weighted by atomic mass is 9.95. The molecule has 27 heavy (non-hydrogen) atoms. The molecule has 0 spiro atoms.